The molecule has 1 aromatic carbocycles. The number of halogens is 1. The maximum Gasteiger partial charge on any atom is 0.254 e. The first-order valence-electron chi connectivity index (χ1n) is 6.45. The van der Waals surface area contributed by atoms with Crippen molar-refractivity contribution in [1.29, 1.82) is 0 Å². The van der Waals surface area contributed by atoms with E-state index in [1.54, 1.807) is 11.8 Å². The molecule has 1 saturated heterocycles. The molecule has 0 aliphatic carbocycles. The third-order valence-corrected chi connectivity index (χ3v) is 3.37. The molecule has 19 heavy (non-hydrogen) atoms. The first-order valence-corrected chi connectivity index (χ1v) is 6.45. The predicted molar refractivity (Wildman–Crippen MR) is 71.5 cm³/mol. The van der Waals surface area contributed by atoms with Gasteiger partial charge >= 0.3 is 0 Å². The summed E-state index contributed by atoms with van der Waals surface area (Å²) >= 11 is 0. The van der Waals surface area contributed by atoms with Gasteiger partial charge in [0.25, 0.3) is 5.91 Å². The van der Waals surface area contributed by atoms with E-state index in [4.69, 9.17) is 10.5 Å². The maximum atomic E-state index is 13.6. The van der Waals surface area contributed by atoms with Crippen LogP contribution in [0.25, 0.3) is 0 Å². The lowest BCUT2D eigenvalue weighted by Crippen LogP contribution is -2.36. The van der Waals surface area contributed by atoms with Crippen LogP contribution >= 0.6 is 0 Å². The van der Waals surface area contributed by atoms with Crippen LogP contribution in [-0.4, -0.2) is 36.6 Å². The monoisotopic (exact) mass is 266 g/mol. The second kappa shape index (κ2) is 5.57. The van der Waals surface area contributed by atoms with Crippen LogP contribution in [0, 0.1) is 12.7 Å². The minimum absolute atomic E-state index is 0.000841. The lowest BCUT2D eigenvalue weighted by atomic mass is 10.1. The van der Waals surface area contributed by atoms with Crippen LogP contribution in [0.3, 0.4) is 0 Å². The molecular weight excluding hydrogens is 247 g/mol. The van der Waals surface area contributed by atoms with Crippen LogP contribution in [0.4, 0.5) is 10.1 Å². The Morgan fingerprint density at radius 3 is 2.95 bits per heavy atom. The van der Waals surface area contributed by atoms with Crippen LogP contribution in [-0.2, 0) is 4.74 Å². The average molecular weight is 266 g/mol. The number of ether oxygens (including phenoxy) is 1. The van der Waals surface area contributed by atoms with Crippen molar-refractivity contribution in [2.45, 2.75) is 26.4 Å². The molecule has 4 nitrogen and oxygen atoms in total. The van der Waals surface area contributed by atoms with Gasteiger partial charge in [0.1, 0.15) is 5.82 Å². The van der Waals surface area contributed by atoms with Crippen LogP contribution in [0.1, 0.15) is 29.3 Å². The molecule has 0 aromatic heterocycles. The van der Waals surface area contributed by atoms with Crippen molar-refractivity contribution in [3.8, 4) is 0 Å². The summed E-state index contributed by atoms with van der Waals surface area (Å²) in [6, 6.07) is 2.79. The molecule has 2 rings (SSSR count). The summed E-state index contributed by atoms with van der Waals surface area (Å²) in [5.41, 5.74) is 6.70. The zero-order valence-electron chi connectivity index (χ0n) is 11.3. The van der Waals surface area contributed by atoms with Crippen molar-refractivity contribution >= 4 is 11.6 Å². The van der Waals surface area contributed by atoms with Gasteiger partial charge in [-0.1, -0.05) is 0 Å². The molecule has 2 N–H and O–H groups in total. The van der Waals surface area contributed by atoms with Gasteiger partial charge in [0.2, 0.25) is 0 Å². The van der Waals surface area contributed by atoms with E-state index in [-0.39, 0.29) is 12.0 Å². The minimum Gasteiger partial charge on any atom is -0.398 e. The zero-order chi connectivity index (χ0) is 14.0. The van der Waals surface area contributed by atoms with Crippen LogP contribution in [0.2, 0.25) is 0 Å². The Labute approximate surface area is 112 Å². The van der Waals surface area contributed by atoms with Gasteiger partial charge in [-0.15, -0.1) is 0 Å². The Hall–Kier alpha value is -1.62. The molecule has 1 aliphatic heterocycles. The van der Waals surface area contributed by atoms with Crippen molar-refractivity contribution in [2.24, 2.45) is 0 Å². The van der Waals surface area contributed by atoms with Gasteiger partial charge in [-0.05, 0) is 32.4 Å². The highest BCUT2D eigenvalue weighted by Crippen LogP contribution is 2.19. The van der Waals surface area contributed by atoms with E-state index < -0.39 is 5.82 Å². The number of benzene rings is 1. The van der Waals surface area contributed by atoms with Gasteiger partial charge in [0.15, 0.2) is 0 Å². The van der Waals surface area contributed by atoms with Crippen molar-refractivity contribution in [3.63, 3.8) is 0 Å². The van der Waals surface area contributed by atoms with E-state index >= 15 is 0 Å². The Bertz CT molecular complexity index is 467. The standard InChI is InChI=1S/C14H19FN2O2/c1-9-8-17(4-3-5-19-9)14(18)11-6-12(15)10(2)13(16)7-11/h6-7,9H,3-5,8,16H2,1-2H3. The Morgan fingerprint density at radius 1 is 1.53 bits per heavy atom. The normalized spacial score (nSPS) is 20.2. The van der Waals surface area contributed by atoms with Crippen LogP contribution in [0.5, 0.6) is 0 Å². The summed E-state index contributed by atoms with van der Waals surface area (Å²) < 4.78 is 19.1. The first kappa shape index (κ1) is 13.8. The summed E-state index contributed by atoms with van der Waals surface area (Å²) in [6.45, 7) is 5.32. The van der Waals surface area contributed by atoms with Crippen molar-refractivity contribution in [1.82, 2.24) is 4.90 Å². The minimum atomic E-state index is -0.442. The van der Waals surface area contributed by atoms with E-state index in [1.807, 2.05) is 6.92 Å². The quantitative estimate of drug-likeness (QED) is 0.791. The molecule has 0 bridgehead atoms. The highest BCUT2D eigenvalue weighted by Gasteiger charge is 2.22. The molecule has 0 spiro atoms. The highest BCUT2D eigenvalue weighted by molar-refractivity contribution is 5.95. The topological polar surface area (TPSA) is 55.6 Å². The molecule has 1 atom stereocenters. The molecule has 1 fully saturated rings. The molecule has 0 saturated carbocycles. The fourth-order valence-electron chi connectivity index (χ4n) is 2.18. The fraction of sp³-hybridized carbons (Fsp3) is 0.500. The summed E-state index contributed by atoms with van der Waals surface area (Å²) in [4.78, 5) is 14.1. The number of rotatable bonds is 1. The Kier molecular flexibility index (Phi) is 4.04. The zero-order valence-corrected chi connectivity index (χ0v) is 11.3. The summed E-state index contributed by atoms with van der Waals surface area (Å²) in [6.07, 6.45) is 0.791. The number of nitrogens with two attached hydrogens (primary N) is 1. The summed E-state index contributed by atoms with van der Waals surface area (Å²) in [5.74, 6) is -0.634. The third kappa shape index (κ3) is 3.04. The molecule has 1 aromatic rings. The number of nitrogens with zero attached hydrogens (tertiary/aromatic N) is 1. The number of hydrogen-bond acceptors (Lipinski definition) is 3. The Balaban J connectivity index is 2.23. The van der Waals surface area contributed by atoms with Gasteiger partial charge < -0.3 is 15.4 Å². The molecule has 1 aliphatic rings. The highest BCUT2D eigenvalue weighted by atomic mass is 19.1. The molecular formula is C14H19FN2O2. The molecule has 5 heteroatoms. The average Bonchev–Trinajstić information content (AvgIpc) is 2.59. The third-order valence-electron chi connectivity index (χ3n) is 3.37. The number of carbonyl (C=O) groups excluding carboxylic acids is 1. The number of anilines is 1. The number of amides is 1. The van der Waals surface area contributed by atoms with E-state index in [2.05, 4.69) is 0 Å². The number of carbonyl (C=O) groups is 1. The van der Waals surface area contributed by atoms with Gasteiger partial charge in [0.05, 0.1) is 6.10 Å². The first-order chi connectivity index (χ1) is 8.99. The maximum absolute atomic E-state index is 13.6. The van der Waals surface area contributed by atoms with Crippen molar-refractivity contribution in [3.05, 3.63) is 29.1 Å². The van der Waals surface area contributed by atoms with Crippen LogP contribution in [0.15, 0.2) is 12.1 Å². The molecule has 104 valence electrons. The van der Waals surface area contributed by atoms with Gasteiger partial charge in [-0.3, -0.25) is 4.79 Å². The Morgan fingerprint density at radius 2 is 2.26 bits per heavy atom. The van der Waals surface area contributed by atoms with E-state index in [0.29, 0.717) is 36.5 Å². The second-order valence-corrected chi connectivity index (χ2v) is 4.96. The van der Waals surface area contributed by atoms with E-state index in [0.717, 1.165) is 6.42 Å². The lowest BCUT2D eigenvalue weighted by molar-refractivity contribution is 0.0562. The SMILES string of the molecule is Cc1c(N)cc(C(=O)N2CCCOC(C)C2)cc1F. The van der Waals surface area contributed by atoms with E-state index in [9.17, 15) is 9.18 Å². The predicted octanol–water partition coefficient (Wildman–Crippen LogP) is 1.97. The molecule has 1 heterocycles. The largest absolute Gasteiger partial charge is 0.398 e. The summed E-state index contributed by atoms with van der Waals surface area (Å²) in [5, 5.41) is 0. The fourth-order valence-corrected chi connectivity index (χ4v) is 2.18. The molecule has 1 amide bonds. The summed E-state index contributed by atoms with van der Waals surface area (Å²) in [7, 11) is 0. The molecule has 0 radical (unpaired) electrons. The van der Waals surface area contributed by atoms with E-state index in [1.165, 1.54) is 12.1 Å². The van der Waals surface area contributed by atoms with Gasteiger partial charge in [-0.25, -0.2) is 4.39 Å². The van der Waals surface area contributed by atoms with Crippen molar-refractivity contribution in [2.75, 3.05) is 25.4 Å². The molecule has 1 unspecified atom stereocenters. The second-order valence-electron chi connectivity index (χ2n) is 4.96. The number of hydrogen-bond donors (Lipinski definition) is 1. The van der Waals surface area contributed by atoms with Gasteiger partial charge in [-0.2, -0.15) is 0 Å². The van der Waals surface area contributed by atoms with Crippen molar-refractivity contribution < 1.29 is 13.9 Å². The smallest absolute Gasteiger partial charge is 0.254 e. The number of nitrogen functional groups attached to an aromatic ring is 1. The lowest BCUT2D eigenvalue weighted by Gasteiger charge is -2.22. The van der Waals surface area contributed by atoms with Crippen LogP contribution < -0.4 is 5.73 Å². The van der Waals surface area contributed by atoms with Gasteiger partial charge in [0, 0.05) is 36.5 Å².